The van der Waals surface area contributed by atoms with E-state index in [1.807, 2.05) is 0 Å². The van der Waals surface area contributed by atoms with Crippen LogP contribution in [0, 0.1) is 6.92 Å². The Bertz CT molecular complexity index is 534. The van der Waals surface area contributed by atoms with Crippen LogP contribution in [0.15, 0.2) is 24.5 Å². The summed E-state index contributed by atoms with van der Waals surface area (Å²) in [5.41, 5.74) is 0.0493. The number of aryl methyl sites for hydroxylation is 1. The lowest BCUT2D eigenvalue weighted by Crippen LogP contribution is -2.08. The summed E-state index contributed by atoms with van der Waals surface area (Å²) in [5, 5.41) is 6.94. The molecular weight excluding hydrogens is 255 g/mol. The first-order chi connectivity index (χ1) is 7.89. The highest BCUT2D eigenvalue weighted by molar-refractivity contribution is 6.31. The minimum absolute atomic E-state index is 0.353. The van der Waals surface area contributed by atoms with E-state index < -0.39 is 11.7 Å². The van der Waals surface area contributed by atoms with Crippen molar-refractivity contribution in [2.75, 3.05) is 0 Å². The summed E-state index contributed by atoms with van der Waals surface area (Å²) >= 11 is 5.62. The summed E-state index contributed by atoms with van der Waals surface area (Å²) in [5.74, 6) is 0. The van der Waals surface area contributed by atoms with E-state index >= 15 is 0 Å². The fourth-order valence-corrected chi connectivity index (χ4v) is 1.74. The normalized spacial score (nSPS) is 11.8. The van der Waals surface area contributed by atoms with E-state index in [0.717, 1.165) is 6.07 Å². The Morgan fingerprint density at radius 2 is 2.00 bits per heavy atom. The Labute approximate surface area is 99.8 Å². The molecule has 0 bridgehead atoms. The molecule has 0 saturated heterocycles. The van der Waals surface area contributed by atoms with Crippen molar-refractivity contribution in [2.45, 2.75) is 13.1 Å². The van der Waals surface area contributed by atoms with Crippen LogP contribution in [0.3, 0.4) is 0 Å². The molecule has 0 N–H and O–H groups in total. The van der Waals surface area contributed by atoms with Crippen molar-refractivity contribution < 1.29 is 13.2 Å². The summed E-state index contributed by atoms with van der Waals surface area (Å²) in [6.45, 7) is 1.56. The molecule has 17 heavy (non-hydrogen) atoms. The molecule has 2 aromatic rings. The number of hydrogen-bond donors (Lipinski definition) is 0. The smallest absolute Gasteiger partial charge is 0.220 e. The molecule has 7 heteroatoms. The van der Waals surface area contributed by atoms with Gasteiger partial charge >= 0.3 is 6.18 Å². The molecule has 1 aromatic heterocycles. The zero-order valence-electron chi connectivity index (χ0n) is 8.66. The van der Waals surface area contributed by atoms with Gasteiger partial charge in [-0.2, -0.15) is 13.2 Å². The zero-order valence-corrected chi connectivity index (χ0v) is 9.42. The SMILES string of the molecule is Cc1cc(C(F)(F)F)c(Cl)cc1-n1ccnn1. The fraction of sp³-hybridized carbons (Fsp3) is 0.200. The molecular formula is C10H7ClF3N3. The van der Waals surface area contributed by atoms with Crippen molar-refractivity contribution in [2.24, 2.45) is 0 Å². The molecule has 0 fully saturated rings. The Morgan fingerprint density at radius 1 is 1.29 bits per heavy atom. The monoisotopic (exact) mass is 261 g/mol. The Kier molecular flexibility index (Phi) is 2.82. The molecule has 0 atom stereocenters. The van der Waals surface area contributed by atoms with Gasteiger partial charge in [-0.1, -0.05) is 16.8 Å². The molecule has 0 aliphatic heterocycles. The molecule has 2 rings (SSSR count). The van der Waals surface area contributed by atoms with Gasteiger partial charge in [0.1, 0.15) is 0 Å². The van der Waals surface area contributed by atoms with Crippen molar-refractivity contribution in [3.63, 3.8) is 0 Å². The second-order valence-corrected chi connectivity index (χ2v) is 3.87. The fourth-order valence-electron chi connectivity index (χ4n) is 1.47. The van der Waals surface area contributed by atoms with Crippen LogP contribution < -0.4 is 0 Å². The molecule has 0 unspecified atom stereocenters. The predicted octanol–water partition coefficient (Wildman–Crippen LogP) is 3.25. The average molecular weight is 262 g/mol. The Hall–Kier alpha value is -1.56. The van der Waals surface area contributed by atoms with Crippen LogP contribution in [0.2, 0.25) is 5.02 Å². The Morgan fingerprint density at radius 3 is 2.53 bits per heavy atom. The summed E-state index contributed by atoms with van der Waals surface area (Å²) in [4.78, 5) is 0. The van der Waals surface area contributed by atoms with Gasteiger partial charge in [-0.05, 0) is 24.6 Å². The number of halogens is 4. The van der Waals surface area contributed by atoms with Crippen molar-refractivity contribution in [1.82, 2.24) is 15.0 Å². The minimum atomic E-state index is -4.46. The van der Waals surface area contributed by atoms with Gasteiger partial charge in [-0.3, -0.25) is 0 Å². The van der Waals surface area contributed by atoms with Gasteiger partial charge in [0, 0.05) is 0 Å². The summed E-state index contributed by atoms with van der Waals surface area (Å²) in [6, 6.07) is 2.23. The number of alkyl halides is 3. The van der Waals surface area contributed by atoms with E-state index in [2.05, 4.69) is 10.3 Å². The molecule has 0 aliphatic rings. The first-order valence-electron chi connectivity index (χ1n) is 4.63. The molecule has 0 radical (unpaired) electrons. The van der Waals surface area contributed by atoms with Crippen LogP contribution in [-0.2, 0) is 6.18 Å². The average Bonchev–Trinajstić information content (AvgIpc) is 2.72. The maximum Gasteiger partial charge on any atom is 0.417 e. The highest BCUT2D eigenvalue weighted by atomic mass is 35.5. The summed E-state index contributed by atoms with van der Waals surface area (Å²) in [7, 11) is 0. The summed E-state index contributed by atoms with van der Waals surface area (Å²) < 4.78 is 39.1. The topological polar surface area (TPSA) is 30.7 Å². The van der Waals surface area contributed by atoms with E-state index in [9.17, 15) is 13.2 Å². The maximum atomic E-state index is 12.6. The van der Waals surface area contributed by atoms with Gasteiger partial charge in [0.15, 0.2) is 0 Å². The highest BCUT2D eigenvalue weighted by Gasteiger charge is 2.33. The van der Waals surface area contributed by atoms with Gasteiger partial charge in [0.2, 0.25) is 0 Å². The van der Waals surface area contributed by atoms with Gasteiger partial charge in [-0.25, -0.2) is 4.68 Å². The zero-order chi connectivity index (χ0) is 12.6. The standard InChI is InChI=1S/C10H7ClF3N3/c1-6-4-7(10(12,13)14)8(11)5-9(6)17-3-2-15-16-17/h2-5H,1H3. The van der Waals surface area contributed by atoms with Crippen LogP contribution in [-0.4, -0.2) is 15.0 Å². The number of benzene rings is 1. The number of aromatic nitrogens is 3. The van der Waals surface area contributed by atoms with Gasteiger partial charge in [-0.15, -0.1) is 5.10 Å². The van der Waals surface area contributed by atoms with Crippen molar-refractivity contribution in [3.05, 3.63) is 40.7 Å². The quantitative estimate of drug-likeness (QED) is 0.789. The van der Waals surface area contributed by atoms with Gasteiger partial charge in [0.25, 0.3) is 0 Å². The van der Waals surface area contributed by atoms with E-state index in [4.69, 9.17) is 11.6 Å². The Balaban J connectivity index is 2.57. The summed E-state index contributed by atoms with van der Waals surface area (Å²) in [6.07, 6.45) is -1.49. The number of nitrogens with zero attached hydrogens (tertiary/aromatic N) is 3. The molecule has 0 aliphatic carbocycles. The van der Waals surface area contributed by atoms with E-state index in [-0.39, 0.29) is 5.02 Å². The van der Waals surface area contributed by atoms with Crippen LogP contribution >= 0.6 is 11.6 Å². The highest BCUT2D eigenvalue weighted by Crippen LogP contribution is 2.36. The minimum Gasteiger partial charge on any atom is -0.220 e. The third-order valence-electron chi connectivity index (χ3n) is 2.26. The third kappa shape index (κ3) is 2.26. The van der Waals surface area contributed by atoms with Gasteiger partial charge in [0.05, 0.1) is 28.7 Å². The van der Waals surface area contributed by atoms with Crippen LogP contribution in [0.25, 0.3) is 5.69 Å². The van der Waals surface area contributed by atoms with E-state index in [0.29, 0.717) is 11.3 Å². The molecule has 90 valence electrons. The van der Waals surface area contributed by atoms with E-state index in [1.54, 1.807) is 6.92 Å². The van der Waals surface area contributed by atoms with Crippen molar-refractivity contribution in [1.29, 1.82) is 0 Å². The molecule has 0 spiro atoms. The molecule has 1 aromatic carbocycles. The lowest BCUT2D eigenvalue weighted by atomic mass is 10.1. The first kappa shape index (κ1) is 11.9. The number of rotatable bonds is 1. The van der Waals surface area contributed by atoms with Gasteiger partial charge < -0.3 is 0 Å². The first-order valence-corrected chi connectivity index (χ1v) is 5.01. The molecule has 0 saturated carbocycles. The third-order valence-corrected chi connectivity index (χ3v) is 2.57. The molecule has 3 nitrogen and oxygen atoms in total. The maximum absolute atomic E-state index is 12.6. The van der Waals surface area contributed by atoms with Crippen LogP contribution in [0.1, 0.15) is 11.1 Å². The van der Waals surface area contributed by atoms with Crippen LogP contribution in [0.4, 0.5) is 13.2 Å². The van der Waals surface area contributed by atoms with Crippen LogP contribution in [0.5, 0.6) is 0 Å². The van der Waals surface area contributed by atoms with Crippen molar-refractivity contribution >= 4 is 11.6 Å². The van der Waals surface area contributed by atoms with Crippen molar-refractivity contribution in [3.8, 4) is 5.69 Å². The molecule has 1 heterocycles. The lowest BCUT2D eigenvalue weighted by molar-refractivity contribution is -0.137. The second kappa shape index (κ2) is 4.03. The largest absolute Gasteiger partial charge is 0.417 e. The molecule has 0 amide bonds. The predicted molar refractivity (Wildman–Crippen MR) is 56.1 cm³/mol. The second-order valence-electron chi connectivity index (χ2n) is 3.46. The van der Waals surface area contributed by atoms with E-state index in [1.165, 1.54) is 23.1 Å². The lowest BCUT2D eigenvalue weighted by Gasteiger charge is -2.12. The number of hydrogen-bond acceptors (Lipinski definition) is 2.